The van der Waals surface area contributed by atoms with E-state index in [0.717, 1.165) is 12.8 Å². The highest BCUT2D eigenvalue weighted by Gasteiger charge is 2.33. The van der Waals surface area contributed by atoms with Crippen molar-refractivity contribution in [3.05, 3.63) is 0 Å². The molecule has 0 spiro atoms. The van der Waals surface area contributed by atoms with Crippen LogP contribution in [0.5, 0.6) is 0 Å². The topological polar surface area (TPSA) is 70.0 Å². The van der Waals surface area contributed by atoms with Crippen LogP contribution in [0.4, 0.5) is 4.79 Å². The molecular formula is C12H23NO4. The maximum atomic E-state index is 11.6. The fourth-order valence-electron chi connectivity index (χ4n) is 1.96. The van der Waals surface area contributed by atoms with Gasteiger partial charge in [0.25, 0.3) is 0 Å². The van der Waals surface area contributed by atoms with Crippen LogP contribution in [0.3, 0.4) is 0 Å². The van der Waals surface area contributed by atoms with E-state index in [2.05, 4.69) is 0 Å². The summed E-state index contributed by atoms with van der Waals surface area (Å²) in [5.41, 5.74) is -0.811. The molecule has 5 heteroatoms. The van der Waals surface area contributed by atoms with Gasteiger partial charge in [-0.1, -0.05) is 13.3 Å². The normalized spacial score (nSPS) is 19.1. The molecule has 0 radical (unpaired) electrons. The number of nitrogens with zero attached hydrogens (tertiary/aromatic N) is 1. The second kappa shape index (κ2) is 6.81. The van der Waals surface area contributed by atoms with Crippen LogP contribution in [0.2, 0.25) is 0 Å². The molecule has 0 aromatic rings. The summed E-state index contributed by atoms with van der Waals surface area (Å²) in [6.45, 7) is 3.50. The Morgan fingerprint density at radius 3 is 2.59 bits per heavy atom. The van der Waals surface area contributed by atoms with Crippen molar-refractivity contribution in [2.45, 2.75) is 44.6 Å². The third-order valence-corrected chi connectivity index (χ3v) is 3.25. The van der Waals surface area contributed by atoms with E-state index < -0.39 is 5.60 Å². The second-order valence-electron chi connectivity index (χ2n) is 4.65. The third-order valence-electron chi connectivity index (χ3n) is 3.25. The fraction of sp³-hybridized carbons (Fsp3) is 0.917. The van der Waals surface area contributed by atoms with Crippen molar-refractivity contribution in [3.8, 4) is 0 Å². The zero-order valence-electron chi connectivity index (χ0n) is 10.5. The molecule has 2 N–H and O–H groups in total. The Morgan fingerprint density at radius 2 is 2.06 bits per heavy atom. The largest absolute Gasteiger partial charge is 0.449 e. The average Bonchev–Trinajstić information content (AvgIpc) is 2.30. The summed E-state index contributed by atoms with van der Waals surface area (Å²) in [6.07, 6.45) is 3.00. The molecule has 1 amide bonds. The van der Waals surface area contributed by atoms with Gasteiger partial charge < -0.3 is 19.8 Å². The smallest absolute Gasteiger partial charge is 0.409 e. The Kier molecular flexibility index (Phi) is 5.71. The van der Waals surface area contributed by atoms with Crippen LogP contribution in [0, 0.1) is 0 Å². The molecule has 1 heterocycles. The minimum atomic E-state index is -0.811. The van der Waals surface area contributed by atoms with Crippen LogP contribution in [-0.4, -0.2) is 53.1 Å². The molecular weight excluding hydrogens is 222 g/mol. The first-order chi connectivity index (χ1) is 8.11. The number of ether oxygens (including phenoxy) is 1. The molecule has 1 rings (SSSR count). The maximum Gasteiger partial charge on any atom is 0.409 e. The highest BCUT2D eigenvalue weighted by molar-refractivity contribution is 5.67. The van der Waals surface area contributed by atoms with Crippen LogP contribution >= 0.6 is 0 Å². The number of hydrogen-bond donors (Lipinski definition) is 2. The molecule has 100 valence electrons. The summed E-state index contributed by atoms with van der Waals surface area (Å²) in [7, 11) is 0. The zero-order valence-corrected chi connectivity index (χ0v) is 10.5. The number of hydrogen-bond acceptors (Lipinski definition) is 4. The first-order valence-corrected chi connectivity index (χ1v) is 6.36. The Balaban J connectivity index is 2.28. The number of amides is 1. The van der Waals surface area contributed by atoms with Gasteiger partial charge in [0.15, 0.2) is 0 Å². The molecule has 17 heavy (non-hydrogen) atoms. The Bertz CT molecular complexity index is 237. The lowest BCUT2D eigenvalue weighted by Crippen LogP contribution is -2.47. The van der Waals surface area contributed by atoms with Gasteiger partial charge in [0, 0.05) is 19.7 Å². The first kappa shape index (κ1) is 14.3. The molecule has 1 saturated heterocycles. The lowest BCUT2D eigenvalue weighted by molar-refractivity contribution is -0.0356. The van der Waals surface area contributed by atoms with Crippen LogP contribution in [0.15, 0.2) is 0 Å². The minimum absolute atomic E-state index is 0.0164. The van der Waals surface area contributed by atoms with Crippen molar-refractivity contribution in [2.75, 3.05) is 26.3 Å². The van der Waals surface area contributed by atoms with Crippen molar-refractivity contribution in [2.24, 2.45) is 0 Å². The predicted octanol–water partition coefficient (Wildman–Crippen LogP) is 1.13. The van der Waals surface area contributed by atoms with Crippen LogP contribution in [0.1, 0.15) is 39.0 Å². The Labute approximate surface area is 102 Å². The Morgan fingerprint density at radius 1 is 1.41 bits per heavy atom. The summed E-state index contributed by atoms with van der Waals surface area (Å²) in [5, 5.41) is 18.9. The second-order valence-corrected chi connectivity index (χ2v) is 4.65. The van der Waals surface area contributed by atoms with Gasteiger partial charge in [-0.2, -0.15) is 0 Å². The van der Waals surface area contributed by atoms with Gasteiger partial charge in [0.2, 0.25) is 0 Å². The molecule has 0 bridgehead atoms. The lowest BCUT2D eigenvalue weighted by atomic mass is 9.89. The van der Waals surface area contributed by atoms with E-state index in [0.29, 0.717) is 39.0 Å². The highest BCUT2D eigenvalue weighted by atomic mass is 16.6. The van der Waals surface area contributed by atoms with E-state index in [1.165, 1.54) is 0 Å². The van der Waals surface area contributed by atoms with Crippen LogP contribution < -0.4 is 0 Å². The third kappa shape index (κ3) is 4.52. The minimum Gasteiger partial charge on any atom is -0.449 e. The molecule has 0 aromatic carbocycles. The quantitative estimate of drug-likeness (QED) is 0.712. The first-order valence-electron chi connectivity index (χ1n) is 6.36. The van der Waals surface area contributed by atoms with E-state index in [1.807, 2.05) is 6.92 Å². The highest BCUT2D eigenvalue weighted by Crippen LogP contribution is 2.25. The van der Waals surface area contributed by atoms with E-state index >= 15 is 0 Å². The van der Waals surface area contributed by atoms with Gasteiger partial charge in [-0.3, -0.25) is 0 Å². The van der Waals surface area contributed by atoms with Crippen molar-refractivity contribution >= 4 is 6.09 Å². The number of rotatable bonds is 5. The monoisotopic (exact) mass is 245 g/mol. The predicted molar refractivity (Wildman–Crippen MR) is 63.7 cm³/mol. The van der Waals surface area contributed by atoms with E-state index in [4.69, 9.17) is 9.84 Å². The number of unbranched alkanes of at least 4 members (excludes halogenated alkanes) is 1. The van der Waals surface area contributed by atoms with Gasteiger partial charge in [0.05, 0.1) is 12.2 Å². The van der Waals surface area contributed by atoms with Crippen molar-refractivity contribution in [1.82, 2.24) is 4.90 Å². The van der Waals surface area contributed by atoms with Crippen molar-refractivity contribution in [3.63, 3.8) is 0 Å². The van der Waals surface area contributed by atoms with Gasteiger partial charge in [-0.05, 0) is 25.7 Å². The fourth-order valence-corrected chi connectivity index (χ4v) is 1.96. The molecule has 0 aromatic heterocycles. The lowest BCUT2D eigenvalue weighted by Gasteiger charge is -2.37. The van der Waals surface area contributed by atoms with Crippen molar-refractivity contribution in [1.29, 1.82) is 0 Å². The number of likely N-dealkylation sites (tertiary alicyclic amines) is 1. The Hall–Kier alpha value is -0.810. The average molecular weight is 245 g/mol. The van der Waals surface area contributed by atoms with Crippen LogP contribution in [0.25, 0.3) is 0 Å². The molecule has 0 unspecified atom stereocenters. The molecule has 0 aliphatic carbocycles. The molecule has 1 fully saturated rings. The van der Waals surface area contributed by atoms with Crippen molar-refractivity contribution < 1.29 is 19.7 Å². The molecule has 1 aliphatic heterocycles. The number of aliphatic hydroxyl groups is 2. The van der Waals surface area contributed by atoms with Gasteiger partial charge >= 0.3 is 6.09 Å². The van der Waals surface area contributed by atoms with Gasteiger partial charge in [-0.15, -0.1) is 0 Å². The number of piperidine rings is 1. The number of carbonyl (C=O) groups excluding carboxylic acids is 1. The van der Waals surface area contributed by atoms with E-state index in [1.54, 1.807) is 4.90 Å². The molecule has 0 atom stereocenters. The molecule has 5 nitrogen and oxygen atoms in total. The molecule has 0 saturated carbocycles. The summed E-state index contributed by atoms with van der Waals surface area (Å²) in [6, 6.07) is 0. The van der Waals surface area contributed by atoms with Gasteiger partial charge in [0.1, 0.15) is 0 Å². The summed E-state index contributed by atoms with van der Waals surface area (Å²) in [4.78, 5) is 13.2. The summed E-state index contributed by atoms with van der Waals surface area (Å²) < 4.78 is 5.11. The standard InChI is InChI=1S/C12H23NO4/c1-2-3-10-17-11(15)13-7-4-12(16,5-8-13)6-9-14/h14,16H,2-10H2,1H3. The summed E-state index contributed by atoms with van der Waals surface area (Å²) in [5.74, 6) is 0. The SMILES string of the molecule is CCCCOC(=O)N1CCC(O)(CCO)CC1. The van der Waals surface area contributed by atoms with Crippen LogP contribution in [-0.2, 0) is 4.74 Å². The van der Waals surface area contributed by atoms with Gasteiger partial charge in [-0.25, -0.2) is 4.79 Å². The number of aliphatic hydroxyl groups excluding tert-OH is 1. The van der Waals surface area contributed by atoms with E-state index in [-0.39, 0.29) is 12.7 Å². The zero-order chi connectivity index (χ0) is 12.7. The molecule has 1 aliphatic rings. The maximum absolute atomic E-state index is 11.6. The van der Waals surface area contributed by atoms with E-state index in [9.17, 15) is 9.90 Å². The number of carbonyl (C=O) groups is 1. The summed E-state index contributed by atoms with van der Waals surface area (Å²) >= 11 is 0.